The predicted molar refractivity (Wildman–Crippen MR) is 129 cm³/mol. The lowest BCUT2D eigenvalue weighted by Crippen LogP contribution is -2.36. The summed E-state index contributed by atoms with van der Waals surface area (Å²) >= 11 is 6.90. The molecule has 2 saturated heterocycles. The van der Waals surface area contributed by atoms with Crippen molar-refractivity contribution in [1.82, 2.24) is 9.47 Å². The average Bonchev–Trinajstić information content (AvgIpc) is 3.26. The molecule has 8 heteroatoms. The van der Waals surface area contributed by atoms with Gasteiger partial charge in [-0.15, -0.1) is 0 Å². The van der Waals surface area contributed by atoms with Crippen molar-refractivity contribution < 1.29 is 4.79 Å². The number of hydrogen-bond acceptors (Lipinski definition) is 6. The van der Waals surface area contributed by atoms with Gasteiger partial charge in [0.2, 0.25) is 0 Å². The van der Waals surface area contributed by atoms with Gasteiger partial charge < -0.3 is 4.90 Å². The second-order valence-corrected chi connectivity index (χ2v) is 10.3. The van der Waals surface area contributed by atoms with Crippen LogP contribution in [0.15, 0.2) is 9.70 Å². The molecule has 1 aliphatic carbocycles. The molecule has 0 atom stereocenters. The Morgan fingerprint density at radius 1 is 1.10 bits per heavy atom. The van der Waals surface area contributed by atoms with Crippen LogP contribution < -0.4 is 10.5 Å². The number of anilines is 1. The Bertz CT molecular complexity index is 1040. The third kappa shape index (κ3) is 4.06. The molecule has 0 unspecified atom stereocenters. The Morgan fingerprint density at radius 2 is 1.74 bits per heavy atom. The minimum Gasteiger partial charge on any atom is -0.357 e. The van der Waals surface area contributed by atoms with Crippen molar-refractivity contribution in [1.29, 1.82) is 5.26 Å². The first-order valence-electron chi connectivity index (χ1n) is 11.1. The van der Waals surface area contributed by atoms with Crippen LogP contribution >= 0.6 is 24.0 Å². The van der Waals surface area contributed by atoms with Crippen molar-refractivity contribution in [2.75, 3.05) is 18.0 Å². The summed E-state index contributed by atoms with van der Waals surface area (Å²) in [4.78, 5) is 30.8. The summed E-state index contributed by atoms with van der Waals surface area (Å²) in [5.41, 5.74) is 1.27. The fourth-order valence-electron chi connectivity index (χ4n) is 4.96. The molecule has 0 N–H and O–H groups in total. The van der Waals surface area contributed by atoms with Crippen LogP contribution in [0, 0.1) is 18.3 Å². The van der Waals surface area contributed by atoms with Gasteiger partial charge in [0.15, 0.2) is 0 Å². The van der Waals surface area contributed by atoms with E-state index in [1.165, 1.54) is 24.6 Å². The summed E-state index contributed by atoms with van der Waals surface area (Å²) in [7, 11) is 1.73. The minimum absolute atomic E-state index is 0.0459. The smallest absolute Gasteiger partial charge is 0.270 e. The molecule has 2 aliphatic heterocycles. The number of amides is 1. The predicted octanol–water partition coefficient (Wildman–Crippen LogP) is 4.09. The molecule has 4 rings (SSSR count). The van der Waals surface area contributed by atoms with E-state index in [1.54, 1.807) is 16.5 Å². The number of carbonyl (C=O) groups excluding carboxylic acids is 1. The molecule has 0 aromatic carbocycles. The molecule has 31 heavy (non-hydrogen) atoms. The molecule has 0 bridgehead atoms. The Hall–Kier alpha value is -2.11. The molecule has 164 valence electrons. The summed E-state index contributed by atoms with van der Waals surface area (Å²) in [6, 6.07) is 2.27. The average molecular weight is 457 g/mol. The quantitative estimate of drug-likeness (QED) is 0.504. The molecule has 3 aliphatic rings. The van der Waals surface area contributed by atoms with Crippen LogP contribution in [-0.2, 0) is 11.8 Å². The summed E-state index contributed by atoms with van der Waals surface area (Å²) in [6.45, 7) is 3.54. The summed E-state index contributed by atoms with van der Waals surface area (Å²) in [6.07, 6.45) is 10.6. The standard InChI is InChI=1S/C23H28N4O2S2/c1-15-17(13-19-22(29)27(23(30)31-19)16-9-5-6-10-16)20(25(2)21(28)18(15)14-24)26-11-7-3-4-8-12-26/h13,16H,3-12H2,1-2H3. The number of aromatic nitrogens is 1. The van der Waals surface area contributed by atoms with Crippen molar-refractivity contribution in [3.63, 3.8) is 0 Å². The van der Waals surface area contributed by atoms with E-state index in [0.717, 1.165) is 63.0 Å². The molecular formula is C23H28N4O2S2. The van der Waals surface area contributed by atoms with Gasteiger partial charge in [-0.2, -0.15) is 5.26 Å². The van der Waals surface area contributed by atoms with Crippen molar-refractivity contribution in [2.24, 2.45) is 7.05 Å². The Labute approximate surface area is 192 Å². The number of carbonyl (C=O) groups is 1. The highest BCUT2D eigenvalue weighted by molar-refractivity contribution is 8.26. The lowest BCUT2D eigenvalue weighted by molar-refractivity contribution is -0.123. The maximum absolute atomic E-state index is 13.3. The van der Waals surface area contributed by atoms with Crippen molar-refractivity contribution >= 4 is 46.1 Å². The lowest BCUT2D eigenvalue weighted by Gasteiger charge is -2.28. The molecule has 1 saturated carbocycles. The van der Waals surface area contributed by atoms with Gasteiger partial charge in [0.25, 0.3) is 11.5 Å². The second kappa shape index (κ2) is 9.17. The first kappa shape index (κ1) is 22.1. The van der Waals surface area contributed by atoms with Crippen LogP contribution in [0.2, 0.25) is 0 Å². The fourth-order valence-corrected chi connectivity index (χ4v) is 6.35. The highest BCUT2D eigenvalue weighted by atomic mass is 32.2. The van der Waals surface area contributed by atoms with Crippen LogP contribution in [0.25, 0.3) is 6.08 Å². The normalized spacial score (nSPS) is 21.8. The molecule has 3 fully saturated rings. The molecule has 1 amide bonds. The largest absolute Gasteiger partial charge is 0.357 e. The van der Waals surface area contributed by atoms with Gasteiger partial charge in [0.1, 0.15) is 21.8 Å². The van der Waals surface area contributed by atoms with Crippen molar-refractivity contribution in [3.05, 3.63) is 31.9 Å². The molecule has 0 radical (unpaired) electrons. The van der Waals surface area contributed by atoms with Crippen LogP contribution in [0.1, 0.15) is 68.1 Å². The van der Waals surface area contributed by atoms with Gasteiger partial charge in [-0.25, -0.2) is 0 Å². The monoisotopic (exact) mass is 456 g/mol. The Kier molecular flexibility index (Phi) is 6.54. The first-order valence-corrected chi connectivity index (χ1v) is 12.3. The van der Waals surface area contributed by atoms with Crippen LogP contribution in [0.3, 0.4) is 0 Å². The van der Waals surface area contributed by atoms with Gasteiger partial charge in [0, 0.05) is 31.7 Å². The van der Waals surface area contributed by atoms with Gasteiger partial charge in [-0.05, 0) is 44.2 Å². The van der Waals surface area contributed by atoms with Gasteiger partial charge >= 0.3 is 0 Å². The van der Waals surface area contributed by atoms with Gasteiger partial charge in [-0.1, -0.05) is 49.7 Å². The maximum Gasteiger partial charge on any atom is 0.270 e. The highest BCUT2D eigenvalue weighted by Crippen LogP contribution is 2.39. The zero-order chi connectivity index (χ0) is 22.1. The number of nitriles is 1. The van der Waals surface area contributed by atoms with E-state index in [-0.39, 0.29) is 23.1 Å². The van der Waals surface area contributed by atoms with E-state index >= 15 is 0 Å². The molecular weight excluding hydrogens is 428 g/mol. The summed E-state index contributed by atoms with van der Waals surface area (Å²) < 4.78 is 2.20. The zero-order valence-electron chi connectivity index (χ0n) is 18.1. The number of thioether (sulfide) groups is 1. The Balaban J connectivity index is 1.82. The SMILES string of the molecule is Cc1c(C=C2SC(=S)N(C3CCCC3)C2=O)c(N2CCCCCC2)n(C)c(=O)c1C#N. The van der Waals surface area contributed by atoms with Crippen LogP contribution in [0.5, 0.6) is 0 Å². The number of rotatable bonds is 3. The van der Waals surface area contributed by atoms with Crippen molar-refractivity contribution in [2.45, 2.75) is 64.3 Å². The molecule has 6 nitrogen and oxygen atoms in total. The van der Waals surface area contributed by atoms with E-state index < -0.39 is 0 Å². The fraction of sp³-hybridized carbons (Fsp3) is 0.565. The van der Waals surface area contributed by atoms with Gasteiger partial charge in [-0.3, -0.25) is 19.1 Å². The second-order valence-electron chi connectivity index (χ2n) is 8.60. The summed E-state index contributed by atoms with van der Waals surface area (Å²) in [5.74, 6) is 0.755. The third-order valence-electron chi connectivity index (χ3n) is 6.66. The van der Waals surface area contributed by atoms with Crippen LogP contribution in [0.4, 0.5) is 5.82 Å². The minimum atomic E-state index is -0.282. The summed E-state index contributed by atoms with van der Waals surface area (Å²) in [5, 5.41) is 9.64. The zero-order valence-corrected chi connectivity index (χ0v) is 19.8. The third-order valence-corrected chi connectivity index (χ3v) is 7.99. The van der Waals surface area contributed by atoms with E-state index in [4.69, 9.17) is 12.2 Å². The molecule has 1 aromatic rings. The van der Waals surface area contributed by atoms with Crippen LogP contribution in [-0.4, -0.2) is 38.8 Å². The lowest BCUT2D eigenvalue weighted by atomic mass is 10.0. The molecule has 1 aromatic heterocycles. The first-order chi connectivity index (χ1) is 14.9. The van der Waals surface area contributed by atoms with E-state index in [9.17, 15) is 14.9 Å². The maximum atomic E-state index is 13.3. The van der Waals surface area contributed by atoms with E-state index in [1.807, 2.05) is 13.0 Å². The number of nitrogens with zero attached hydrogens (tertiary/aromatic N) is 4. The molecule has 0 spiro atoms. The van der Waals surface area contributed by atoms with E-state index in [2.05, 4.69) is 11.0 Å². The topological polar surface area (TPSA) is 69.3 Å². The number of thiocarbonyl (C=S) groups is 1. The Morgan fingerprint density at radius 3 is 2.35 bits per heavy atom. The van der Waals surface area contributed by atoms with Gasteiger partial charge in [0.05, 0.1) is 4.91 Å². The number of pyridine rings is 1. The highest BCUT2D eigenvalue weighted by Gasteiger charge is 2.38. The number of hydrogen-bond donors (Lipinski definition) is 0. The van der Waals surface area contributed by atoms with Crippen molar-refractivity contribution in [3.8, 4) is 6.07 Å². The molecule has 3 heterocycles. The van der Waals surface area contributed by atoms with E-state index in [0.29, 0.717) is 14.8 Å².